The quantitative estimate of drug-likeness (QED) is 0.865. The second kappa shape index (κ2) is 6.59. The van der Waals surface area contributed by atoms with Crippen molar-refractivity contribution in [2.24, 2.45) is 17.8 Å². The van der Waals surface area contributed by atoms with E-state index >= 15 is 0 Å². The molecule has 4 nitrogen and oxygen atoms in total. The molecule has 2 atom stereocenters. The Labute approximate surface area is 121 Å². The van der Waals surface area contributed by atoms with Crippen molar-refractivity contribution in [3.05, 3.63) is 0 Å². The van der Waals surface area contributed by atoms with Crippen molar-refractivity contribution in [3.63, 3.8) is 0 Å². The van der Waals surface area contributed by atoms with Crippen molar-refractivity contribution in [1.29, 1.82) is 0 Å². The highest BCUT2D eigenvalue weighted by molar-refractivity contribution is 5.79. The van der Waals surface area contributed by atoms with E-state index in [2.05, 4.69) is 6.92 Å². The van der Waals surface area contributed by atoms with Gasteiger partial charge in [0.1, 0.15) is 0 Å². The Bertz CT molecular complexity index is 361. The number of aliphatic carboxylic acids is 1. The molecule has 0 heterocycles. The summed E-state index contributed by atoms with van der Waals surface area (Å²) in [5, 5.41) is 9.01. The Morgan fingerprint density at radius 1 is 1.00 bits per heavy atom. The standard InChI is InChI=1S/C16H27NO3/c1-11-4-3-5-14(10-11)17(2)15(18)12-6-8-13(9-7-12)16(19)20/h11-14H,3-10H2,1-2H3,(H,19,20). The maximum atomic E-state index is 12.6. The lowest BCUT2D eigenvalue weighted by Crippen LogP contribution is -2.43. The van der Waals surface area contributed by atoms with Gasteiger partial charge in [0.2, 0.25) is 5.91 Å². The van der Waals surface area contributed by atoms with E-state index in [0.717, 1.165) is 25.7 Å². The number of hydrogen-bond acceptors (Lipinski definition) is 2. The van der Waals surface area contributed by atoms with Crippen LogP contribution < -0.4 is 0 Å². The molecule has 1 N–H and O–H groups in total. The van der Waals surface area contributed by atoms with Crippen LogP contribution in [0.15, 0.2) is 0 Å². The van der Waals surface area contributed by atoms with Gasteiger partial charge in [-0.2, -0.15) is 0 Å². The summed E-state index contributed by atoms with van der Waals surface area (Å²) in [6.07, 6.45) is 7.52. The smallest absolute Gasteiger partial charge is 0.306 e. The minimum absolute atomic E-state index is 0.0489. The summed E-state index contributed by atoms with van der Waals surface area (Å²) in [5.74, 6) is 0.0666. The van der Waals surface area contributed by atoms with E-state index in [0.29, 0.717) is 24.8 Å². The van der Waals surface area contributed by atoms with Crippen LogP contribution in [0.25, 0.3) is 0 Å². The number of carbonyl (C=O) groups is 2. The summed E-state index contributed by atoms with van der Waals surface area (Å²) in [6.45, 7) is 2.27. The molecule has 0 radical (unpaired) electrons. The molecule has 2 rings (SSSR count). The molecule has 0 saturated heterocycles. The van der Waals surface area contributed by atoms with Gasteiger partial charge in [-0.3, -0.25) is 9.59 Å². The van der Waals surface area contributed by atoms with Gasteiger partial charge in [-0.15, -0.1) is 0 Å². The normalized spacial score (nSPS) is 34.5. The molecule has 4 heteroatoms. The largest absolute Gasteiger partial charge is 0.481 e. The molecular weight excluding hydrogens is 254 g/mol. The van der Waals surface area contributed by atoms with Gasteiger partial charge in [-0.1, -0.05) is 19.8 Å². The van der Waals surface area contributed by atoms with Gasteiger partial charge in [0.15, 0.2) is 0 Å². The molecule has 0 bridgehead atoms. The Kier molecular flexibility index (Phi) is 5.06. The van der Waals surface area contributed by atoms with Gasteiger partial charge in [0, 0.05) is 19.0 Å². The zero-order chi connectivity index (χ0) is 14.7. The number of carbonyl (C=O) groups excluding carboxylic acids is 1. The molecule has 20 heavy (non-hydrogen) atoms. The Hall–Kier alpha value is -1.06. The Morgan fingerprint density at radius 3 is 2.15 bits per heavy atom. The minimum atomic E-state index is -0.703. The third kappa shape index (κ3) is 3.53. The topological polar surface area (TPSA) is 57.6 Å². The third-order valence-electron chi connectivity index (χ3n) is 5.23. The first-order valence-electron chi connectivity index (χ1n) is 7.98. The molecule has 0 spiro atoms. The van der Waals surface area contributed by atoms with Crippen molar-refractivity contribution in [2.45, 2.75) is 64.3 Å². The first kappa shape index (κ1) is 15.3. The second-order valence-electron chi connectivity index (χ2n) is 6.76. The van der Waals surface area contributed by atoms with Crippen molar-refractivity contribution in [2.75, 3.05) is 7.05 Å². The number of nitrogens with zero attached hydrogens (tertiary/aromatic N) is 1. The summed E-state index contributed by atoms with van der Waals surface area (Å²) in [7, 11) is 1.94. The predicted octanol–water partition coefficient (Wildman–Crippen LogP) is 2.91. The number of carboxylic acids is 1. The van der Waals surface area contributed by atoms with E-state index in [1.165, 1.54) is 12.8 Å². The summed E-state index contributed by atoms with van der Waals surface area (Å²) in [5.41, 5.74) is 0. The monoisotopic (exact) mass is 281 g/mol. The van der Waals surface area contributed by atoms with E-state index in [-0.39, 0.29) is 17.7 Å². The molecule has 2 aliphatic carbocycles. The van der Waals surface area contributed by atoms with E-state index < -0.39 is 5.97 Å². The Balaban J connectivity index is 1.86. The van der Waals surface area contributed by atoms with Crippen molar-refractivity contribution < 1.29 is 14.7 Å². The fourth-order valence-electron chi connectivity index (χ4n) is 3.81. The number of carboxylic acid groups (broad SMARTS) is 1. The van der Waals surface area contributed by atoms with Gasteiger partial charge in [0.25, 0.3) is 0 Å². The van der Waals surface area contributed by atoms with Gasteiger partial charge >= 0.3 is 5.97 Å². The van der Waals surface area contributed by atoms with Gasteiger partial charge < -0.3 is 10.0 Å². The average molecular weight is 281 g/mol. The van der Waals surface area contributed by atoms with E-state index in [1.807, 2.05) is 11.9 Å². The molecule has 2 aliphatic rings. The maximum Gasteiger partial charge on any atom is 0.306 e. The van der Waals surface area contributed by atoms with E-state index in [4.69, 9.17) is 5.11 Å². The second-order valence-corrected chi connectivity index (χ2v) is 6.76. The van der Waals surface area contributed by atoms with Crippen LogP contribution in [0.1, 0.15) is 58.3 Å². The third-order valence-corrected chi connectivity index (χ3v) is 5.23. The molecule has 0 aromatic carbocycles. The summed E-state index contributed by atoms with van der Waals surface area (Å²) < 4.78 is 0. The Morgan fingerprint density at radius 2 is 1.60 bits per heavy atom. The van der Waals surface area contributed by atoms with Crippen LogP contribution in [-0.4, -0.2) is 35.0 Å². The molecule has 1 amide bonds. The molecule has 2 unspecified atom stereocenters. The fourth-order valence-corrected chi connectivity index (χ4v) is 3.81. The molecular formula is C16H27NO3. The molecule has 0 aromatic heterocycles. The fraction of sp³-hybridized carbons (Fsp3) is 0.875. The highest BCUT2D eigenvalue weighted by Gasteiger charge is 2.33. The molecule has 2 fully saturated rings. The summed E-state index contributed by atoms with van der Waals surface area (Å²) in [4.78, 5) is 25.5. The predicted molar refractivity (Wildman–Crippen MR) is 77.3 cm³/mol. The van der Waals surface area contributed by atoms with Crippen molar-refractivity contribution in [3.8, 4) is 0 Å². The number of hydrogen-bond donors (Lipinski definition) is 1. The van der Waals surface area contributed by atoms with Crippen LogP contribution in [0, 0.1) is 17.8 Å². The highest BCUT2D eigenvalue weighted by Crippen LogP contribution is 2.32. The maximum absolute atomic E-state index is 12.6. The van der Waals surface area contributed by atoms with E-state index in [1.54, 1.807) is 0 Å². The van der Waals surface area contributed by atoms with Gasteiger partial charge in [-0.25, -0.2) is 0 Å². The average Bonchev–Trinajstić information content (AvgIpc) is 2.46. The summed E-state index contributed by atoms with van der Waals surface area (Å²) >= 11 is 0. The van der Waals surface area contributed by atoms with Crippen molar-refractivity contribution >= 4 is 11.9 Å². The van der Waals surface area contributed by atoms with Crippen LogP contribution in [0.3, 0.4) is 0 Å². The summed E-state index contributed by atoms with van der Waals surface area (Å²) in [6, 6.07) is 0.392. The lowest BCUT2D eigenvalue weighted by atomic mass is 9.80. The minimum Gasteiger partial charge on any atom is -0.481 e. The molecule has 0 aromatic rings. The first-order valence-corrected chi connectivity index (χ1v) is 7.98. The van der Waals surface area contributed by atoms with Crippen molar-refractivity contribution in [1.82, 2.24) is 4.90 Å². The lowest BCUT2D eigenvalue weighted by molar-refractivity contribution is -0.146. The van der Waals surface area contributed by atoms with Crippen LogP contribution in [0.2, 0.25) is 0 Å². The SMILES string of the molecule is CC1CCCC(N(C)C(=O)C2CCC(C(=O)O)CC2)C1. The molecule has 0 aliphatic heterocycles. The molecule has 114 valence electrons. The van der Waals surface area contributed by atoms with E-state index in [9.17, 15) is 9.59 Å². The van der Waals surface area contributed by atoms with Gasteiger partial charge in [0.05, 0.1) is 5.92 Å². The van der Waals surface area contributed by atoms with Crippen LogP contribution in [0.4, 0.5) is 0 Å². The van der Waals surface area contributed by atoms with Gasteiger partial charge in [-0.05, 0) is 44.4 Å². The molecule has 2 saturated carbocycles. The van der Waals surface area contributed by atoms with Crippen LogP contribution in [-0.2, 0) is 9.59 Å². The number of amides is 1. The zero-order valence-corrected chi connectivity index (χ0v) is 12.7. The van der Waals surface area contributed by atoms with Crippen LogP contribution >= 0.6 is 0 Å². The van der Waals surface area contributed by atoms with Crippen LogP contribution in [0.5, 0.6) is 0 Å². The number of rotatable bonds is 3. The zero-order valence-electron chi connectivity index (χ0n) is 12.7. The first-order chi connectivity index (χ1) is 9.49. The lowest BCUT2D eigenvalue weighted by Gasteiger charge is -2.37. The highest BCUT2D eigenvalue weighted by atomic mass is 16.4.